The van der Waals surface area contributed by atoms with Gasteiger partial charge in [0.05, 0.1) is 0 Å². The van der Waals surface area contributed by atoms with Gasteiger partial charge in [-0.3, -0.25) is 9.78 Å². The highest BCUT2D eigenvalue weighted by molar-refractivity contribution is 8.00. The van der Waals surface area contributed by atoms with Gasteiger partial charge in [0.2, 0.25) is 0 Å². The maximum Gasteiger partial charge on any atom is 0.279 e. The molecule has 13 heavy (non-hydrogen) atoms. The van der Waals surface area contributed by atoms with Crippen molar-refractivity contribution < 1.29 is 0 Å². The van der Waals surface area contributed by atoms with Gasteiger partial charge in [-0.25, -0.2) is 4.98 Å². The first-order valence-electron chi connectivity index (χ1n) is 3.38. The number of thiazole rings is 1. The van der Waals surface area contributed by atoms with E-state index in [9.17, 15) is 4.79 Å². The number of aromatic nitrogens is 3. The van der Waals surface area contributed by atoms with Crippen LogP contribution in [0.4, 0.5) is 0 Å². The molecule has 2 aromatic heterocycles. The highest BCUT2D eigenvalue weighted by atomic mass is 32.2. The van der Waals surface area contributed by atoms with Crippen LogP contribution in [-0.2, 0) is 0 Å². The lowest BCUT2D eigenvalue weighted by Crippen LogP contribution is -2.06. The molecule has 2 heterocycles. The summed E-state index contributed by atoms with van der Waals surface area (Å²) in [6, 6.07) is 0. The Morgan fingerprint density at radius 2 is 2.31 bits per heavy atom. The van der Waals surface area contributed by atoms with Crippen molar-refractivity contribution in [1.82, 2.24) is 15.0 Å². The Labute approximate surface area is 86.4 Å². The fourth-order valence-electron chi connectivity index (χ4n) is 0.923. The summed E-state index contributed by atoms with van der Waals surface area (Å²) in [5.74, 6) is 0. The van der Waals surface area contributed by atoms with Crippen LogP contribution in [0.25, 0.3) is 10.3 Å². The van der Waals surface area contributed by atoms with Gasteiger partial charge < -0.3 is 4.98 Å². The number of fused-ring (bicyclic) bond motifs is 1. The third-order valence-electron chi connectivity index (χ3n) is 1.45. The Kier molecular flexibility index (Phi) is 2.22. The molecule has 7 heteroatoms. The molecule has 0 atom stereocenters. The van der Waals surface area contributed by atoms with Crippen molar-refractivity contribution in [3.8, 4) is 0 Å². The van der Waals surface area contributed by atoms with Crippen LogP contribution in [0.3, 0.4) is 0 Å². The summed E-state index contributed by atoms with van der Waals surface area (Å²) in [6.45, 7) is 0. The van der Waals surface area contributed by atoms with Crippen molar-refractivity contribution in [2.24, 2.45) is 0 Å². The van der Waals surface area contributed by atoms with E-state index in [4.69, 9.17) is 12.2 Å². The van der Waals surface area contributed by atoms with Crippen LogP contribution in [0.2, 0.25) is 0 Å². The van der Waals surface area contributed by atoms with Crippen molar-refractivity contribution >= 4 is 45.7 Å². The molecule has 2 rings (SSSR count). The molecule has 0 aliphatic heterocycles. The molecule has 0 aliphatic carbocycles. The number of H-pyrrole nitrogens is 2. The average Bonchev–Trinajstić information content (AvgIpc) is 2.47. The van der Waals surface area contributed by atoms with E-state index < -0.39 is 0 Å². The molecule has 0 unspecified atom stereocenters. The third kappa shape index (κ3) is 1.54. The molecule has 2 aromatic rings. The number of nitrogens with one attached hydrogen (secondary N) is 2. The van der Waals surface area contributed by atoms with Gasteiger partial charge in [0.1, 0.15) is 4.83 Å². The maximum absolute atomic E-state index is 11.3. The van der Waals surface area contributed by atoms with Gasteiger partial charge >= 0.3 is 0 Å². The highest BCUT2D eigenvalue weighted by Gasteiger charge is 2.06. The molecule has 0 spiro atoms. The minimum absolute atomic E-state index is 0.227. The number of nitrogens with zero attached hydrogens (tertiary/aromatic N) is 1. The minimum Gasteiger partial charge on any atom is -0.322 e. The quantitative estimate of drug-likeness (QED) is 0.580. The summed E-state index contributed by atoms with van der Waals surface area (Å²) in [5.41, 5.74) is 0.207. The Bertz CT molecular complexity index is 552. The predicted octanol–water partition coefficient (Wildman–Crippen LogP) is 1.76. The van der Waals surface area contributed by atoms with E-state index in [2.05, 4.69) is 15.0 Å². The Morgan fingerprint density at radius 3 is 3.00 bits per heavy atom. The van der Waals surface area contributed by atoms with Gasteiger partial charge in [-0.15, -0.1) is 0 Å². The van der Waals surface area contributed by atoms with E-state index in [-0.39, 0.29) is 5.56 Å². The lowest BCUT2D eigenvalue weighted by molar-refractivity contribution is 1.13. The monoisotopic (exact) mass is 231 g/mol. The third-order valence-corrected chi connectivity index (χ3v) is 3.61. The standard InChI is InChI=1S/C6H5N3OS3/c1-12-6-7-2-3(10)8-5(11)9-4(2)13-6/h1H3,(H2,8,9,10,11). The van der Waals surface area contributed by atoms with E-state index in [0.717, 1.165) is 9.17 Å². The van der Waals surface area contributed by atoms with Gasteiger partial charge in [-0.2, -0.15) is 0 Å². The van der Waals surface area contributed by atoms with Crippen LogP contribution in [0.15, 0.2) is 9.13 Å². The number of hydrogen-bond acceptors (Lipinski definition) is 5. The number of hydrogen-bond donors (Lipinski definition) is 2. The lowest BCUT2D eigenvalue weighted by atomic mass is 10.6. The summed E-state index contributed by atoms with van der Waals surface area (Å²) in [7, 11) is 0. The Hall–Kier alpha value is -0.660. The largest absolute Gasteiger partial charge is 0.322 e. The summed E-state index contributed by atoms with van der Waals surface area (Å²) in [5, 5.41) is 0. The van der Waals surface area contributed by atoms with Crippen molar-refractivity contribution in [3.05, 3.63) is 15.1 Å². The second-order valence-electron chi connectivity index (χ2n) is 2.27. The predicted molar refractivity (Wildman–Crippen MR) is 57.2 cm³/mol. The molecule has 0 aromatic carbocycles. The average molecular weight is 231 g/mol. The van der Waals surface area contributed by atoms with Gasteiger partial charge in [0.15, 0.2) is 14.6 Å². The second kappa shape index (κ2) is 3.24. The summed E-state index contributed by atoms with van der Waals surface area (Å²) < 4.78 is 1.20. The number of aromatic amines is 2. The topological polar surface area (TPSA) is 61.5 Å². The lowest BCUT2D eigenvalue weighted by Gasteiger charge is -1.85. The van der Waals surface area contributed by atoms with Crippen LogP contribution in [0, 0.1) is 4.77 Å². The van der Waals surface area contributed by atoms with Crippen LogP contribution < -0.4 is 5.56 Å². The van der Waals surface area contributed by atoms with Crippen LogP contribution in [-0.4, -0.2) is 21.2 Å². The molecule has 0 fully saturated rings. The molecule has 4 nitrogen and oxygen atoms in total. The zero-order valence-electron chi connectivity index (χ0n) is 6.58. The van der Waals surface area contributed by atoms with Gasteiger partial charge in [-0.1, -0.05) is 23.1 Å². The molecule has 68 valence electrons. The second-order valence-corrected chi connectivity index (χ2v) is 4.73. The van der Waals surface area contributed by atoms with E-state index >= 15 is 0 Å². The SMILES string of the molecule is CSc1nc2c(=O)[nH]c(=S)[nH]c2s1. The van der Waals surface area contributed by atoms with Gasteiger partial charge in [0, 0.05) is 0 Å². The summed E-state index contributed by atoms with van der Waals surface area (Å²) >= 11 is 7.78. The van der Waals surface area contributed by atoms with E-state index in [0.29, 0.717) is 10.3 Å². The molecule has 2 N–H and O–H groups in total. The Morgan fingerprint density at radius 1 is 1.54 bits per heavy atom. The van der Waals surface area contributed by atoms with Gasteiger partial charge in [0.25, 0.3) is 5.56 Å². The normalized spacial score (nSPS) is 10.8. The van der Waals surface area contributed by atoms with E-state index in [1.165, 1.54) is 23.1 Å². The highest BCUT2D eigenvalue weighted by Crippen LogP contribution is 2.23. The molecule has 0 bridgehead atoms. The van der Waals surface area contributed by atoms with Crippen molar-refractivity contribution in [3.63, 3.8) is 0 Å². The van der Waals surface area contributed by atoms with E-state index in [1.807, 2.05) is 6.26 Å². The molecule has 0 amide bonds. The molecular weight excluding hydrogens is 226 g/mol. The number of rotatable bonds is 1. The van der Waals surface area contributed by atoms with Crippen molar-refractivity contribution in [2.75, 3.05) is 6.26 Å². The molecular formula is C6H5N3OS3. The zero-order valence-corrected chi connectivity index (χ0v) is 9.03. The molecule has 0 aliphatic rings. The maximum atomic E-state index is 11.3. The molecule has 0 saturated heterocycles. The molecule has 0 radical (unpaired) electrons. The van der Waals surface area contributed by atoms with Crippen molar-refractivity contribution in [1.29, 1.82) is 0 Å². The smallest absolute Gasteiger partial charge is 0.279 e. The van der Waals surface area contributed by atoms with Crippen molar-refractivity contribution in [2.45, 2.75) is 4.34 Å². The molecule has 0 saturated carbocycles. The summed E-state index contributed by atoms with van der Waals surface area (Å²) in [4.78, 5) is 21.6. The van der Waals surface area contributed by atoms with Gasteiger partial charge in [-0.05, 0) is 18.5 Å². The summed E-state index contributed by atoms with van der Waals surface area (Å²) in [6.07, 6.45) is 1.92. The Balaban J connectivity index is 2.91. The first-order chi connectivity index (χ1) is 6.20. The first kappa shape index (κ1) is 8.92. The fourth-order valence-corrected chi connectivity index (χ4v) is 2.65. The first-order valence-corrected chi connectivity index (χ1v) is 5.83. The van der Waals surface area contributed by atoms with E-state index in [1.54, 1.807) is 0 Å². The zero-order chi connectivity index (χ0) is 9.42. The minimum atomic E-state index is -0.227. The van der Waals surface area contributed by atoms with Crippen LogP contribution in [0.1, 0.15) is 0 Å². The van der Waals surface area contributed by atoms with Crippen LogP contribution in [0.5, 0.6) is 0 Å². The van der Waals surface area contributed by atoms with Crippen LogP contribution >= 0.6 is 35.3 Å². The number of thioether (sulfide) groups is 1. The fraction of sp³-hybridized carbons (Fsp3) is 0.167.